The van der Waals surface area contributed by atoms with Gasteiger partial charge in [-0.15, -0.1) is 0 Å². The standard InChI is InChI=1S/C18H17BrN2O/c1-11-5-7-17-13(8-11)14(10-21(17)3)18(22)20-16-6-4-12(2)9-15(16)19/h4-10H,1-3H3,(H,20,22). The maximum absolute atomic E-state index is 12.6. The first-order chi connectivity index (χ1) is 10.5. The molecule has 4 heteroatoms. The molecule has 2 aromatic carbocycles. The van der Waals surface area contributed by atoms with E-state index in [1.807, 2.05) is 55.9 Å². The van der Waals surface area contributed by atoms with Crippen molar-refractivity contribution in [3.63, 3.8) is 0 Å². The molecule has 3 nitrogen and oxygen atoms in total. The lowest BCUT2D eigenvalue weighted by Crippen LogP contribution is -2.12. The van der Waals surface area contributed by atoms with Gasteiger partial charge < -0.3 is 9.88 Å². The Bertz CT molecular complexity index is 880. The highest BCUT2D eigenvalue weighted by atomic mass is 79.9. The Balaban J connectivity index is 2.00. The maximum Gasteiger partial charge on any atom is 0.257 e. The van der Waals surface area contributed by atoms with Crippen LogP contribution >= 0.6 is 15.9 Å². The molecule has 3 rings (SSSR count). The van der Waals surface area contributed by atoms with Crippen LogP contribution in [0.5, 0.6) is 0 Å². The third-order valence-electron chi connectivity index (χ3n) is 3.76. The SMILES string of the molecule is Cc1ccc(NC(=O)c2cn(C)c3ccc(C)cc23)c(Br)c1. The van der Waals surface area contributed by atoms with E-state index < -0.39 is 0 Å². The summed E-state index contributed by atoms with van der Waals surface area (Å²) in [6.07, 6.45) is 1.88. The molecular formula is C18H17BrN2O. The van der Waals surface area contributed by atoms with Crippen LogP contribution in [0, 0.1) is 13.8 Å². The topological polar surface area (TPSA) is 34.0 Å². The summed E-state index contributed by atoms with van der Waals surface area (Å²) < 4.78 is 2.87. The summed E-state index contributed by atoms with van der Waals surface area (Å²) in [6, 6.07) is 12.0. The van der Waals surface area contributed by atoms with Crippen molar-refractivity contribution in [2.75, 3.05) is 5.32 Å². The Morgan fingerprint density at radius 2 is 1.77 bits per heavy atom. The first-order valence-electron chi connectivity index (χ1n) is 7.09. The summed E-state index contributed by atoms with van der Waals surface area (Å²) in [7, 11) is 1.95. The van der Waals surface area contributed by atoms with E-state index in [0.29, 0.717) is 5.56 Å². The zero-order valence-electron chi connectivity index (χ0n) is 12.8. The number of hydrogen-bond donors (Lipinski definition) is 1. The van der Waals surface area contributed by atoms with Crippen molar-refractivity contribution in [1.29, 1.82) is 0 Å². The van der Waals surface area contributed by atoms with Gasteiger partial charge in [-0.3, -0.25) is 4.79 Å². The lowest BCUT2D eigenvalue weighted by Gasteiger charge is -2.07. The Labute approximate surface area is 138 Å². The molecule has 0 radical (unpaired) electrons. The number of amides is 1. The molecule has 0 aliphatic carbocycles. The summed E-state index contributed by atoms with van der Waals surface area (Å²) in [4.78, 5) is 12.6. The second kappa shape index (κ2) is 5.61. The van der Waals surface area contributed by atoms with Crippen LogP contribution in [-0.4, -0.2) is 10.5 Å². The van der Waals surface area contributed by atoms with Crippen molar-refractivity contribution in [1.82, 2.24) is 4.57 Å². The predicted octanol–water partition coefficient (Wildman–Crippen LogP) is 4.81. The minimum atomic E-state index is -0.0965. The molecule has 0 atom stereocenters. The smallest absolute Gasteiger partial charge is 0.257 e. The van der Waals surface area contributed by atoms with Crippen LogP contribution in [0.4, 0.5) is 5.69 Å². The summed E-state index contributed by atoms with van der Waals surface area (Å²) in [5.41, 5.74) is 4.81. The molecule has 22 heavy (non-hydrogen) atoms. The Kier molecular flexibility index (Phi) is 3.79. The lowest BCUT2D eigenvalue weighted by molar-refractivity contribution is 0.102. The molecule has 1 heterocycles. The van der Waals surface area contributed by atoms with Gasteiger partial charge >= 0.3 is 0 Å². The number of rotatable bonds is 2. The number of halogens is 1. The fourth-order valence-electron chi connectivity index (χ4n) is 2.60. The van der Waals surface area contributed by atoms with Crippen LogP contribution in [0.25, 0.3) is 10.9 Å². The van der Waals surface area contributed by atoms with Crippen molar-refractivity contribution >= 4 is 38.4 Å². The van der Waals surface area contributed by atoms with Gasteiger partial charge in [0.2, 0.25) is 0 Å². The van der Waals surface area contributed by atoms with E-state index in [2.05, 4.69) is 33.4 Å². The molecule has 0 bridgehead atoms. The highest BCUT2D eigenvalue weighted by Crippen LogP contribution is 2.26. The zero-order valence-corrected chi connectivity index (χ0v) is 14.4. The number of carbonyl (C=O) groups excluding carboxylic acids is 1. The normalized spacial score (nSPS) is 10.9. The van der Waals surface area contributed by atoms with E-state index >= 15 is 0 Å². The van der Waals surface area contributed by atoms with Gasteiger partial charge in [0.15, 0.2) is 0 Å². The van der Waals surface area contributed by atoms with E-state index in [1.54, 1.807) is 0 Å². The number of fused-ring (bicyclic) bond motifs is 1. The Morgan fingerprint density at radius 3 is 2.50 bits per heavy atom. The van der Waals surface area contributed by atoms with E-state index in [-0.39, 0.29) is 5.91 Å². The summed E-state index contributed by atoms with van der Waals surface area (Å²) in [5.74, 6) is -0.0965. The number of benzene rings is 2. The fourth-order valence-corrected chi connectivity index (χ4v) is 3.19. The van der Waals surface area contributed by atoms with Gasteiger partial charge in [0.05, 0.1) is 11.3 Å². The van der Waals surface area contributed by atoms with Crippen LogP contribution in [0.1, 0.15) is 21.5 Å². The Hall–Kier alpha value is -2.07. The monoisotopic (exact) mass is 356 g/mol. The quantitative estimate of drug-likeness (QED) is 0.702. The van der Waals surface area contributed by atoms with E-state index in [4.69, 9.17) is 0 Å². The molecule has 112 valence electrons. The van der Waals surface area contributed by atoms with E-state index in [9.17, 15) is 4.79 Å². The molecule has 0 aliphatic rings. The van der Waals surface area contributed by atoms with Crippen molar-refractivity contribution < 1.29 is 4.79 Å². The first kappa shape index (κ1) is 14.9. The average molecular weight is 357 g/mol. The largest absolute Gasteiger partial charge is 0.350 e. The first-order valence-corrected chi connectivity index (χ1v) is 7.88. The third-order valence-corrected chi connectivity index (χ3v) is 4.42. The second-order valence-electron chi connectivity index (χ2n) is 5.61. The number of hydrogen-bond acceptors (Lipinski definition) is 1. The van der Waals surface area contributed by atoms with Crippen LogP contribution in [0.3, 0.4) is 0 Å². The second-order valence-corrected chi connectivity index (χ2v) is 6.47. The Morgan fingerprint density at radius 1 is 1.09 bits per heavy atom. The highest BCUT2D eigenvalue weighted by molar-refractivity contribution is 9.10. The van der Waals surface area contributed by atoms with Crippen LogP contribution in [0.15, 0.2) is 47.1 Å². The van der Waals surface area contributed by atoms with Gasteiger partial charge in [0.1, 0.15) is 0 Å². The molecule has 1 N–H and O–H groups in total. The molecule has 0 saturated heterocycles. The number of anilines is 1. The third kappa shape index (κ3) is 2.66. The van der Waals surface area contributed by atoms with Gasteiger partial charge in [-0.2, -0.15) is 0 Å². The van der Waals surface area contributed by atoms with E-state index in [1.165, 1.54) is 0 Å². The number of aryl methyl sites for hydroxylation is 3. The minimum Gasteiger partial charge on any atom is -0.350 e. The van der Waals surface area contributed by atoms with Crippen molar-refractivity contribution in [3.05, 3.63) is 63.8 Å². The number of aromatic nitrogens is 1. The fraction of sp³-hybridized carbons (Fsp3) is 0.167. The van der Waals surface area contributed by atoms with Crippen LogP contribution in [-0.2, 0) is 7.05 Å². The van der Waals surface area contributed by atoms with Gasteiger partial charge in [0, 0.05) is 28.6 Å². The molecule has 0 unspecified atom stereocenters. The minimum absolute atomic E-state index is 0.0965. The van der Waals surface area contributed by atoms with Gasteiger partial charge in [0.25, 0.3) is 5.91 Å². The van der Waals surface area contributed by atoms with Gasteiger partial charge in [-0.05, 0) is 59.6 Å². The maximum atomic E-state index is 12.6. The number of nitrogens with one attached hydrogen (secondary N) is 1. The summed E-state index contributed by atoms with van der Waals surface area (Å²) >= 11 is 3.49. The molecule has 3 aromatic rings. The molecule has 1 amide bonds. The number of carbonyl (C=O) groups is 1. The zero-order chi connectivity index (χ0) is 15.9. The molecule has 1 aromatic heterocycles. The molecule has 0 fully saturated rings. The van der Waals surface area contributed by atoms with Crippen molar-refractivity contribution in [2.45, 2.75) is 13.8 Å². The molecule has 0 saturated carbocycles. The van der Waals surface area contributed by atoms with Crippen LogP contribution in [0.2, 0.25) is 0 Å². The van der Waals surface area contributed by atoms with Gasteiger partial charge in [-0.1, -0.05) is 17.7 Å². The lowest BCUT2D eigenvalue weighted by atomic mass is 10.1. The molecule has 0 aliphatic heterocycles. The predicted molar refractivity (Wildman–Crippen MR) is 94.5 cm³/mol. The van der Waals surface area contributed by atoms with Gasteiger partial charge in [-0.25, -0.2) is 0 Å². The van der Waals surface area contributed by atoms with Crippen LogP contribution < -0.4 is 5.32 Å². The van der Waals surface area contributed by atoms with Crippen molar-refractivity contribution in [2.24, 2.45) is 7.05 Å². The molecular weight excluding hydrogens is 340 g/mol. The highest BCUT2D eigenvalue weighted by Gasteiger charge is 2.15. The summed E-state index contributed by atoms with van der Waals surface area (Å²) in [5, 5.41) is 3.95. The van der Waals surface area contributed by atoms with E-state index in [0.717, 1.165) is 32.2 Å². The molecule has 0 spiro atoms. The number of nitrogens with zero attached hydrogens (tertiary/aromatic N) is 1. The average Bonchev–Trinajstić information content (AvgIpc) is 2.78. The van der Waals surface area contributed by atoms with Crippen molar-refractivity contribution in [3.8, 4) is 0 Å². The summed E-state index contributed by atoms with van der Waals surface area (Å²) in [6.45, 7) is 4.05.